The molecule has 1 aromatic heterocycles. The lowest BCUT2D eigenvalue weighted by Gasteiger charge is -2.36. The number of fused-ring (bicyclic) bond motifs is 1. The fourth-order valence-corrected chi connectivity index (χ4v) is 3.93. The van der Waals surface area contributed by atoms with Crippen LogP contribution < -0.4 is 10.2 Å². The zero-order valence-corrected chi connectivity index (χ0v) is 15.4. The summed E-state index contributed by atoms with van der Waals surface area (Å²) in [5, 5.41) is 2.95. The number of morpholine rings is 1. The zero-order chi connectivity index (χ0) is 18.1. The van der Waals surface area contributed by atoms with E-state index in [4.69, 9.17) is 4.74 Å². The lowest BCUT2D eigenvalue weighted by Crippen LogP contribution is -2.45. The monoisotopic (exact) mass is 351 g/mol. The molecule has 5 nitrogen and oxygen atoms in total. The quantitative estimate of drug-likeness (QED) is 0.920. The number of carbonyl (C=O) groups excluding carboxylic acids is 1. The van der Waals surface area contributed by atoms with E-state index in [1.807, 2.05) is 24.3 Å². The SMILES string of the molecule is CC1CN(c2ccc(NC(=O)c3ccc4c(c3)CCC4)cn2)CC(C)O1. The summed E-state index contributed by atoms with van der Waals surface area (Å²) in [6.07, 6.45) is 5.50. The minimum Gasteiger partial charge on any atom is -0.372 e. The summed E-state index contributed by atoms with van der Waals surface area (Å²) < 4.78 is 5.77. The molecule has 2 aromatic rings. The van der Waals surface area contributed by atoms with Crippen molar-refractivity contribution < 1.29 is 9.53 Å². The number of nitrogens with zero attached hydrogens (tertiary/aromatic N) is 2. The van der Waals surface area contributed by atoms with Crippen LogP contribution in [-0.2, 0) is 17.6 Å². The molecule has 1 fully saturated rings. The maximum absolute atomic E-state index is 12.5. The summed E-state index contributed by atoms with van der Waals surface area (Å²) in [6.45, 7) is 5.82. The van der Waals surface area contributed by atoms with E-state index >= 15 is 0 Å². The van der Waals surface area contributed by atoms with E-state index in [0.29, 0.717) is 11.3 Å². The number of aromatic nitrogens is 1. The average Bonchev–Trinajstić information content (AvgIpc) is 3.09. The first-order valence-electron chi connectivity index (χ1n) is 9.38. The normalized spacial score (nSPS) is 22.2. The number of rotatable bonds is 3. The third-order valence-electron chi connectivity index (χ3n) is 5.11. The Balaban J connectivity index is 1.43. The highest BCUT2D eigenvalue weighted by molar-refractivity contribution is 6.04. The molecule has 0 radical (unpaired) electrons. The minimum atomic E-state index is -0.0807. The van der Waals surface area contributed by atoms with E-state index in [9.17, 15) is 4.79 Å². The number of hydrogen-bond acceptors (Lipinski definition) is 4. The predicted octanol–water partition coefficient (Wildman–Crippen LogP) is 3.44. The Morgan fingerprint density at radius 2 is 1.88 bits per heavy atom. The lowest BCUT2D eigenvalue weighted by molar-refractivity contribution is -0.00545. The molecule has 2 unspecified atom stereocenters. The van der Waals surface area contributed by atoms with Crippen molar-refractivity contribution in [2.24, 2.45) is 0 Å². The first-order valence-corrected chi connectivity index (χ1v) is 9.38. The number of anilines is 2. The van der Waals surface area contributed by atoms with Gasteiger partial charge in [-0.15, -0.1) is 0 Å². The summed E-state index contributed by atoms with van der Waals surface area (Å²) in [7, 11) is 0. The molecule has 1 aliphatic heterocycles. The Morgan fingerprint density at radius 1 is 1.12 bits per heavy atom. The molecule has 136 valence electrons. The first-order chi connectivity index (χ1) is 12.6. The minimum absolute atomic E-state index is 0.0807. The second-order valence-corrected chi connectivity index (χ2v) is 7.36. The molecule has 2 atom stereocenters. The summed E-state index contributed by atoms with van der Waals surface area (Å²) >= 11 is 0. The highest BCUT2D eigenvalue weighted by Crippen LogP contribution is 2.24. The van der Waals surface area contributed by atoms with E-state index in [0.717, 1.165) is 31.7 Å². The van der Waals surface area contributed by atoms with Crippen LogP contribution >= 0.6 is 0 Å². The van der Waals surface area contributed by atoms with Gasteiger partial charge in [0.05, 0.1) is 24.1 Å². The van der Waals surface area contributed by atoms with Gasteiger partial charge in [-0.3, -0.25) is 4.79 Å². The molecule has 1 amide bonds. The van der Waals surface area contributed by atoms with Crippen molar-refractivity contribution in [1.82, 2.24) is 4.98 Å². The molecule has 0 spiro atoms. The zero-order valence-electron chi connectivity index (χ0n) is 15.4. The van der Waals surface area contributed by atoms with Gasteiger partial charge >= 0.3 is 0 Å². The molecule has 26 heavy (non-hydrogen) atoms. The van der Waals surface area contributed by atoms with Gasteiger partial charge in [-0.25, -0.2) is 4.98 Å². The van der Waals surface area contributed by atoms with E-state index in [1.165, 1.54) is 17.5 Å². The summed E-state index contributed by atoms with van der Waals surface area (Å²) in [5.41, 5.74) is 4.11. The summed E-state index contributed by atoms with van der Waals surface area (Å²) in [6, 6.07) is 9.90. The smallest absolute Gasteiger partial charge is 0.255 e. The average molecular weight is 351 g/mol. The number of benzene rings is 1. The van der Waals surface area contributed by atoms with Crippen molar-refractivity contribution >= 4 is 17.4 Å². The first kappa shape index (κ1) is 17.0. The fourth-order valence-electron chi connectivity index (χ4n) is 3.93. The maximum atomic E-state index is 12.5. The van der Waals surface area contributed by atoms with Crippen LogP contribution in [0.15, 0.2) is 36.5 Å². The Bertz CT molecular complexity index is 793. The van der Waals surface area contributed by atoms with Crippen molar-refractivity contribution in [2.45, 2.75) is 45.3 Å². The van der Waals surface area contributed by atoms with Gasteiger partial charge in [0.1, 0.15) is 5.82 Å². The largest absolute Gasteiger partial charge is 0.372 e. The maximum Gasteiger partial charge on any atom is 0.255 e. The van der Waals surface area contributed by atoms with Crippen molar-refractivity contribution in [3.05, 3.63) is 53.2 Å². The van der Waals surface area contributed by atoms with Crippen molar-refractivity contribution in [2.75, 3.05) is 23.3 Å². The number of aryl methyl sites for hydroxylation is 2. The van der Waals surface area contributed by atoms with E-state index in [1.54, 1.807) is 6.20 Å². The van der Waals surface area contributed by atoms with Crippen molar-refractivity contribution in [3.63, 3.8) is 0 Å². The van der Waals surface area contributed by atoms with Crippen LogP contribution in [0.4, 0.5) is 11.5 Å². The molecular weight excluding hydrogens is 326 g/mol. The Hall–Kier alpha value is -2.40. The van der Waals surface area contributed by atoms with E-state index < -0.39 is 0 Å². The molecule has 2 aliphatic rings. The van der Waals surface area contributed by atoms with Crippen molar-refractivity contribution in [3.8, 4) is 0 Å². The van der Waals surface area contributed by atoms with Crippen LogP contribution in [-0.4, -0.2) is 36.2 Å². The van der Waals surface area contributed by atoms with Crippen LogP contribution in [0, 0.1) is 0 Å². The van der Waals surface area contributed by atoms with Gasteiger partial charge < -0.3 is 15.0 Å². The Labute approximate surface area is 154 Å². The predicted molar refractivity (Wildman–Crippen MR) is 103 cm³/mol. The molecule has 1 aromatic carbocycles. The summed E-state index contributed by atoms with van der Waals surface area (Å²) in [4.78, 5) is 19.3. The second-order valence-electron chi connectivity index (χ2n) is 7.36. The third-order valence-corrected chi connectivity index (χ3v) is 5.11. The molecule has 0 saturated carbocycles. The standard InChI is InChI=1S/C21H25N3O2/c1-14-12-24(13-15(2)26-14)20-9-8-19(11-22-20)23-21(25)18-7-6-16-4-3-5-17(16)10-18/h6-11,14-15H,3-5,12-13H2,1-2H3,(H,23,25). The molecule has 1 aliphatic carbocycles. The molecule has 1 N–H and O–H groups in total. The molecule has 1 saturated heterocycles. The van der Waals surface area contributed by atoms with Gasteiger partial charge in [-0.1, -0.05) is 6.07 Å². The summed E-state index contributed by atoms with van der Waals surface area (Å²) in [5.74, 6) is 0.838. The number of carbonyl (C=O) groups is 1. The Morgan fingerprint density at radius 3 is 2.62 bits per heavy atom. The fraction of sp³-hybridized carbons (Fsp3) is 0.429. The van der Waals surface area contributed by atoms with E-state index in [2.05, 4.69) is 35.1 Å². The molecule has 4 rings (SSSR count). The van der Waals surface area contributed by atoms with Gasteiger partial charge in [0.25, 0.3) is 5.91 Å². The van der Waals surface area contributed by atoms with Gasteiger partial charge in [0, 0.05) is 18.7 Å². The lowest BCUT2D eigenvalue weighted by atomic mass is 10.1. The molecule has 2 heterocycles. The van der Waals surface area contributed by atoms with Gasteiger partial charge in [0.2, 0.25) is 0 Å². The molecular formula is C21H25N3O2. The van der Waals surface area contributed by atoms with E-state index in [-0.39, 0.29) is 18.1 Å². The van der Waals surface area contributed by atoms with Crippen LogP contribution in [0.2, 0.25) is 0 Å². The number of amides is 1. The topological polar surface area (TPSA) is 54.5 Å². The van der Waals surface area contributed by atoms with Crippen LogP contribution in [0.25, 0.3) is 0 Å². The van der Waals surface area contributed by atoms with Crippen molar-refractivity contribution in [1.29, 1.82) is 0 Å². The number of nitrogens with one attached hydrogen (secondary N) is 1. The number of ether oxygens (including phenoxy) is 1. The number of hydrogen-bond donors (Lipinski definition) is 1. The third kappa shape index (κ3) is 3.58. The van der Waals surface area contributed by atoms with Gasteiger partial charge in [0.15, 0.2) is 0 Å². The Kier molecular flexibility index (Phi) is 4.64. The van der Waals surface area contributed by atoms with Crippen LogP contribution in [0.1, 0.15) is 41.8 Å². The van der Waals surface area contributed by atoms with Gasteiger partial charge in [-0.05, 0) is 68.5 Å². The van der Waals surface area contributed by atoms with Crippen LogP contribution in [0.3, 0.4) is 0 Å². The van der Waals surface area contributed by atoms with Crippen LogP contribution in [0.5, 0.6) is 0 Å². The van der Waals surface area contributed by atoms with Gasteiger partial charge in [-0.2, -0.15) is 0 Å². The molecule has 5 heteroatoms. The second kappa shape index (κ2) is 7.08. The highest BCUT2D eigenvalue weighted by Gasteiger charge is 2.23. The highest BCUT2D eigenvalue weighted by atomic mass is 16.5. The number of pyridine rings is 1. The molecule has 0 bridgehead atoms.